The van der Waals surface area contributed by atoms with Gasteiger partial charge in [-0.1, -0.05) is 23.7 Å². The van der Waals surface area contributed by atoms with Crippen LogP contribution in [0.1, 0.15) is 19.7 Å². The maximum absolute atomic E-state index is 13.9. The van der Waals surface area contributed by atoms with Crippen LogP contribution in [0.3, 0.4) is 0 Å². The van der Waals surface area contributed by atoms with Crippen LogP contribution in [0.5, 0.6) is 11.5 Å². The molecule has 4 aromatic rings. The van der Waals surface area contributed by atoms with Crippen LogP contribution >= 0.6 is 23.4 Å². The SMILES string of the molecule is CSc1ccc(OC(C)C)c(-n2c(CN3CCN(C(=O)COc4ccc(Cl)cc4)CC3)nc3ccccc3c2=O)c1. The first-order valence-corrected chi connectivity index (χ1v) is 15.2. The number of thioether (sulfide) groups is 1. The number of aromatic nitrogens is 2. The summed E-state index contributed by atoms with van der Waals surface area (Å²) in [6.07, 6.45) is 1.95. The Hall–Kier alpha value is -3.53. The monoisotopic (exact) mass is 592 g/mol. The fraction of sp³-hybridized carbons (Fsp3) is 0.323. The van der Waals surface area contributed by atoms with Gasteiger partial charge in [0, 0.05) is 36.1 Å². The third-order valence-corrected chi connectivity index (χ3v) is 7.86. The molecule has 1 aliphatic heterocycles. The normalized spacial score (nSPS) is 14.0. The van der Waals surface area contributed by atoms with Crippen LogP contribution in [0.15, 0.2) is 76.4 Å². The fourth-order valence-corrected chi connectivity index (χ4v) is 5.37. The predicted molar refractivity (Wildman–Crippen MR) is 164 cm³/mol. The van der Waals surface area contributed by atoms with Gasteiger partial charge in [0.15, 0.2) is 6.61 Å². The van der Waals surface area contributed by atoms with Crippen molar-refractivity contribution in [2.24, 2.45) is 0 Å². The van der Waals surface area contributed by atoms with Gasteiger partial charge in [-0.3, -0.25) is 19.1 Å². The van der Waals surface area contributed by atoms with E-state index in [0.717, 1.165) is 4.90 Å². The Kier molecular flexibility index (Phi) is 9.17. The minimum atomic E-state index is -0.134. The summed E-state index contributed by atoms with van der Waals surface area (Å²) in [5.41, 5.74) is 1.20. The summed E-state index contributed by atoms with van der Waals surface area (Å²) in [6.45, 7) is 6.78. The molecule has 1 aromatic heterocycles. The molecule has 0 atom stereocenters. The molecule has 0 spiro atoms. The maximum atomic E-state index is 13.9. The number of piperazine rings is 1. The van der Waals surface area contributed by atoms with E-state index in [1.54, 1.807) is 40.6 Å². The molecular formula is C31H33ClN4O4S. The zero-order chi connectivity index (χ0) is 28.9. The van der Waals surface area contributed by atoms with Crippen LogP contribution in [-0.2, 0) is 11.3 Å². The Balaban J connectivity index is 1.37. The van der Waals surface area contributed by atoms with Crippen molar-refractivity contribution in [1.82, 2.24) is 19.4 Å². The highest BCUT2D eigenvalue weighted by molar-refractivity contribution is 7.98. The van der Waals surface area contributed by atoms with Gasteiger partial charge < -0.3 is 14.4 Å². The van der Waals surface area contributed by atoms with Crippen molar-refractivity contribution in [2.75, 3.05) is 39.0 Å². The van der Waals surface area contributed by atoms with E-state index >= 15 is 0 Å². The van der Waals surface area contributed by atoms with Gasteiger partial charge in [0.25, 0.3) is 11.5 Å². The van der Waals surface area contributed by atoms with Crippen LogP contribution in [0.2, 0.25) is 5.02 Å². The van der Waals surface area contributed by atoms with Crippen molar-refractivity contribution in [1.29, 1.82) is 0 Å². The lowest BCUT2D eigenvalue weighted by atomic mass is 10.2. The first-order chi connectivity index (χ1) is 19.8. The standard InChI is InChI=1S/C31H33ClN4O4S/c1-21(2)40-28-13-12-24(41-3)18-27(28)36-29(33-26-7-5-4-6-25(26)31(36)38)19-34-14-16-35(17-15-34)30(37)20-39-23-10-8-22(32)9-11-23/h4-13,18,21H,14-17,19-20H2,1-3H3. The molecule has 5 rings (SSSR count). The second-order valence-electron chi connectivity index (χ2n) is 10.1. The lowest BCUT2D eigenvalue weighted by Gasteiger charge is -2.34. The highest BCUT2D eigenvalue weighted by Gasteiger charge is 2.24. The van der Waals surface area contributed by atoms with E-state index in [-0.39, 0.29) is 24.2 Å². The minimum absolute atomic E-state index is 0.0299. The Morgan fingerprint density at radius 3 is 2.46 bits per heavy atom. The largest absolute Gasteiger partial charge is 0.489 e. The van der Waals surface area contributed by atoms with Gasteiger partial charge in [-0.15, -0.1) is 11.8 Å². The van der Waals surface area contributed by atoms with Gasteiger partial charge >= 0.3 is 0 Å². The highest BCUT2D eigenvalue weighted by Crippen LogP contribution is 2.30. The number of rotatable bonds is 9. The maximum Gasteiger partial charge on any atom is 0.266 e. The first kappa shape index (κ1) is 29.0. The van der Waals surface area contributed by atoms with Gasteiger partial charge in [-0.05, 0) is 74.7 Å². The number of halogens is 1. The van der Waals surface area contributed by atoms with Gasteiger partial charge in [0.1, 0.15) is 17.3 Å². The van der Waals surface area contributed by atoms with E-state index in [4.69, 9.17) is 26.1 Å². The van der Waals surface area contributed by atoms with Crippen LogP contribution in [0.4, 0.5) is 0 Å². The van der Waals surface area contributed by atoms with Crippen LogP contribution in [0, 0.1) is 0 Å². The molecule has 0 N–H and O–H groups in total. The number of hydrogen-bond donors (Lipinski definition) is 0. The number of amides is 1. The summed E-state index contributed by atoms with van der Waals surface area (Å²) in [4.78, 5) is 36.8. The number of ether oxygens (including phenoxy) is 2. The fourth-order valence-electron chi connectivity index (χ4n) is 4.81. The molecule has 8 nitrogen and oxygen atoms in total. The molecule has 0 radical (unpaired) electrons. The Bertz CT molecular complexity index is 1580. The number of hydrogen-bond acceptors (Lipinski definition) is 7. The average Bonchev–Trinajstić information content (AvgIpc) is 2.97. The molecule has 1 fully saturated rings. The molecule has 0 bridgehead atoms. The summed E-state index contributed by atoms with van der Waals surface area (Å²) in [6, 6.07) is 20.3. The molecule has 1 saturated heterocycles. The van der Waals surface area contributed by atoms with Crippen molar-refractivity contribution in [2.45, 2.75) is 31.4 Å². The molecule has 0 unspecified atom stereocenters. The lowest BCUT2D eigenvalue weighted by Crippen LogP contribution is -2.50. The van der Waals surface area contributed by atoms with Gasteiger partial charge in [0.2, 0.25) is 0 Å². The molecule has 0 saturated carbocycles. The third kappa shape index (κ3) is 6.86. The number of carbonyl (C=O) groups is 1. The Labute approximate surface area is 248 Å². The lowest BCUT2D eigenvalue weighted by molar-refractivity contribution is -0.135. The van der Waals surface area contributed by atoms with Crippen LogP contribution in [0.25, 0.3) is 16.6 Å². The van der Waals surface area contributed by atoms with E-state index < -0.39 is 0 Å². The van der Waals surface area contributed by atoms with E-state index in [9.17, 15) is 9.59 Å². The zero-order valence-electron chi connectivity index (χ0n) is 23.4. The molecular weight excluding hydrogens is 560 g/mol. The number of benzene rings is 3. The van der Waals surface area contributed by atoms with Crippen molar-refractivity contribution >= 4 is 40.2 Å². The Morgan fingerprint density at radius 2 is 1.76 bits per heavy atom. The molecule has 41 heavy (non-hydrogen) atoms. The first-order valence-electron chi connectivity index (χ1n) is 13.6. The van der Waals surface area contributed by atoms with Gasteiger partial charge in [0.05, 0.1) is 29.2 Å². The highest BCUT2D eigenvalue weighted by atomic mass is 35.5. The third-order valence-electron chi connectivity index (χ3n) is 6.88. The molecule has 1 aliphatic rings. The van der Waals surface area contributed by atoms with Crippen molar-refractivity contribution in [3.05, 3.63) is 87.9 Å². The van der Waals surface area contributed by atoms with Gasteiger partial charge in [-0.2, -0.15) is 0 Å². The second-order valence-corrected chi connectivity index (χ2v) is 11.4. The molecule has 1 amide bonds. The van der Waals surface area contributed by atoms with E-state index in [1.165, 1.54) is 0 Å². The summed E-state index contributed by atoms with van der Waals surface area (Å²) < 4.78 is 13.5. The zero-order valence-corrected chi connectivity index (χ0v) is 25.0. The molecule has 214 valence electrons. The number of nitrogens with zero attached hydrogens (tertiary/aromatic N) is 4. The molecule has 2 heterocycles. The smallest absolute Gasteiger partial charge is 0.266 e. The predicted octanol–water partition coefficient (Wildman–Crippen LogP) is 5.27. The molecule has 10 heteroatoms. The second kappa shape index (κ2) is 13.0. The number of carbonyl (C=O) groups excluding carboxylic acids is 1. The van der Waals surface area contributed by atoms with E-state index in [2.05, 4.69) is 4.90 Å². The van der Waals surface area contributed by atoms with Gasteiger partial charge in [-0.25, -0.2) is 4.98 Å². The summed E-state index contributed by atoms with van der Waals surface area (Å²) in [5, 5.41) is 1.17. The summed E-state index contributed by atoms with van der Waals surface area (Å²) in [7, 11) is 0. The molecule has 0 aliphatic carbocycles. The quantitative estimate of drug-likeness (QED) is 0.245. The van der Waals surface area contributed by atoms with Crippen molar-refractivity contribution in [3.8, 4) is 17.2 Å². The minimum Gasteiger partial charge on any atom is -0.489 e. The number of para-hydroxylation sites is 1. The summed E-state index contributed by atoms with van der Waals surface area (Å²) in [5.74, 6) is 1.80. The van der Waals surface area contributed by atoms with Crippen molar-refractivity contribution in [3.63, 3.8) is 0 Å². The molecule has 3 aromatic carbocycles. The van der Waals surface area contributed by atoms with Crippen LogP contribution < -0.4 is 15.0 Å². The van der Waals surface area contributed by atoms with Crippen molar-refractivity contribution < 1.29 is 14.3 Å². The van der Waals surface area contributed by atoms with E-state index in [0.29, 0.717) is 71.7 Å². The topological polar surface area (TPSA) is 76.9 Å². The average molecular weight is 593 g/mol. The van der Waals surface area contributed by atoms with Crippen LogP contribution in [-0.4, -0.2) is 70.4 Å². The Morgan fingerprint density at radius 1 is 1.02 bits per heavy atom. The number of fused-ring (bicyclic) bond motifs is 1. The van der Waals surface area contributed by atoms with E-state index in [1.807, 2.05) is 67.5 Å². The summed E-state index contributed by atoms with van der Waals surface area (Å²) >= 11 is 7.53.